The van der Waals surface area contributed by atoms with Gasteiger partial charge in [0.2, 0.25) is 5.76 Å². The number of phosphoric ester groups is 1. The van der Waals surface area contributed by atoms with Crippen molar-refractivity contribution in [3.8, 4) is 0 Å². The molecule has 0 aromatic heterocycles. The zero-order valence-corrected chi connectivity index (χ0v) is 8.62. The molecule has 0 spiro atoms. The normalized spacial score (nSPS) is 9.64. The van der Waals surface area contributed by atoms with E-state index in [1.807, 2.05) is 0 Å². The molecule has 0 fully saturated rings. The number of phosphoric acid groups is 1. The Morgan fingerprint density at radius 1 is 1.45 bits per heavy atom. The van der Waals surface area contributed by atoms with E-state index >= 15 is 0 Å². The predicted octanol–water partition coefficient (Wildman–Crippen LogP) is -0.687. The Labute approximate surface area is 84.4 Å². The third-order valence-corrected chi connectivity index (χ3v) is 0.926. The molecule has 0 heterocycles. The summed E-state index contributed by atoms with van der Waals surface area (Å²) in [6.07, 6.45) is 0. The van der Waals surface area contributed by atoms with E-state index in [4.69, 9.17) is 14.9 Å². The molecule has 0 aliphatic rings. The number of hydrogen-bond donors (Lipinski definition) is 3. The van der Waals surface area contributed by atoms with E-state index in [1.54, 1.807) is 0 Å². The van der Waals surface area contributed by atoms with E-state index in [2.05, 4.69) is 11.1 Å². The van der Waals surface area contributed by atoms with E-state index in [-0.39, 0.29) is 29.6 Å². The molecule has 0 unspecified atom stereocenters. The van der Waals surface area contributed by atoms with Crippen LogP contribution in [0.5, 0.6) is 0 Å². The SMILES string of the molecule is C=C(OP(=O)(O)O)C(=O)O.[Na]. The molecule has 6 nitrogen and oxygen atoms in total. The maximum atomic E-state index is 9.89. The van der Waals surface area contributed by atoms with Gasteiger partial charge in [0.25, 0.3) is 0 Å². The molecule has 1 radical (unpaired) electrons. The van der Waals surface area contributed by atoms with Crippen molar-refractivity contribution in [2.24, 2.45) is 0 Å². The van der Waals surface area contributed by atoms with E-state index in [0.29, 0.717) is 0 Å². The third-order valence-electron chi connectivity index (χ3n) is 0.468. The Morgan fingerprint density at radius 3 is 1.91 bits per heavy atom. The van der Waals surface area contributed by atoms with Crippen molar-refractivity contribution >= 4 is 43.3 Å². The molecule has 59 valence electrons. The average molecular weight is 191 g/mol. The van der Waals surface area contributed by atoms with Gasteiger partial charge >= 0.3 is 13.8 Å². The monoisotopic (exact) mass is 191 g/mol. The molecule has 0 aliphatic heterocycles. The number of rotatable bonds is 3. The van der Waals surface area contributed by atoms with Gasteiger partial charge in [-0.3, -0.25) is 9.79 Å². The van der Waals surface area contributed by atoms with Crippen LogP contribution >= 0.6 is 7.82 Å². The van der Waals surface area contributed by atoms with Crippen LogP contribution in [0.4, 0.5) is 0 Å². The Hall–Kier alpha value is 0.160. The molecule has 0 bridgehead atoms. The van der Waals surface area contributed by atoms with Gasteiger partial charge in [0, 0.05) is 29.6 Å². The molecular formula is C3H5NaO6P. The topological polar surface area (TPSA) is 104 Å². The predicted molar refractivity (Wildman–Crippen MR) is 35.7 cm³/mol. The molecule has 3 N–H and O–H groups in total. The van der Waals surface area contributed by atoms with Gasteiger partial charge in [0.1, 0.15) is 0 Å². The van der Waals surface area contributed by atoms with Gasteiger partial charge in [-0.05, 0) is 6.58 Å². The van der Waals surface area contributed by atoms with Crippen LogP contribution in [0.2, 0.25) is 0 Å². The summed E-state index contributed by atoms with van der Waals surface area (Å²) in [6.45, 7) is 2.73. The number of hydrogen-bond acceptors (Lipinski definition) is 3. The fourth-order valence-corrected chi connectivity index (χ4v) is 0.548. The first-order chi connectivity index (χ1) is 4.33. The maximum Gasteiger partial charge on any atom is 0.525 e. The fourth-order valence-electron chi connectivity index (χ4n) is 0.183. The summed E-state index contributed by atoms with van der Waals surface area (Å²) in [4.78, 5) is 25.8. The largest absolute Gasteiger partial charge is 0.525 e. The molecular weight excluding hydrogens is 186 g/mol. The van der Waals surface area contributed by atoms with Crippen LogP contribution in [-0.2, 0) is 13.9 Å². The minimum atomic E-state index is -4.76. The zero-order valence-electron chi connectivity index (χ0n) is 5.72. The van der Waals surface area contributed by atoms with Crippen molar-refractivity contribution in [3.63, 3.8) is 0 Å². The van der Waals surface area contributed by atoms with Gasteiger partial charge in [-0.25, -0.2) is 9.36 Å². The average Bonchev–Trinajstić information content (AvgIpc) is 1.60. The van der Waals surface area contributed by atoms with Crippen LogP contribution in [0, 0.1) is 0 Å². The molecule has 0 saturated carbocycles. The number of carbonyl (C=O) groups is 1. The van der Waals surface area contributed by atoms with Gasteiger partial charge in [0.15, 0.2) is 0 Å². The summed E-state index contributed by atoms with van der Waals surface area (Å²) in [5, 5.41) is 7.98. The van der Waals surface area contributed by atoms with Crippen LogP contribution in [-0.4, -0.2) is 50.4 Å². The molecule has 11 heavy (non-hydrogen) atoms. The molecule has 0 aromatic carbocycles. The second-order valence-corrected chi connectivity index (χ2v) is 2.47. The zero-order chi connectivity index (χ0) is 8.36. The number of carboxylic acids is 1. The van der Waals surface area contributed by atoms with Crippen LogP contribution in [0.25, 0.3) is 0 Å². The Bertz CT molecular complexity index is 206. The van der Waals surface area contributed by atoms with Crippen LogP contribution in [0.15, 0.2) is 12.3 Å². The molecule has 0 aromatic rings. The molecule has 8 heteroatoms. The second-order valence-electron chi connectivity index (χ2n) is 1.31. The minimum Gasteiger partial charge on any atom is -0.475 e. The van der Waals surface area contributed by atoms with Gasteiger partial charge in [-0.2, -0.15) is 0 Å². The van der Waals surface area contributed by atoms with E-state index < -0.39 is 19.6 Å². The quantitative estimate of drug-likeness (QED) is 0.236. The van der Waals surface area contributed by atoms with Gasteiger partial charge in [0.05, 0.1) is 0 Å². The van der Waals surface area contributed by atoms with Crippen molar-refractivity contribution in [2.75, 3.05) is 0 Å². The maximum absolute atomic E-state index is 9.89. The van der Waals surface area contributed by atoms with E-state index in [9.17, 15) is 9.36 Å². The summed E-state index contributed by atoms with van der Waals surface area (Å²) >= 11 is 0. The number of carboxylic acid groups (broad SMARTS) is 1. The van der Waals surface area contributed by atoms with Crippen molar-refractivity contribution in [2.45, 2.75) is 0 Å². The second kappa shape index (κ2) is 4.92. The smallest absolute Gasteiger partial charge is 0.475 e. The standard InChI is InChI=1S/C3H5O6P.Na/c1-2(3(4)5)9-10(6,7)8;/h1H2,(H,4,5)(H2,6,7,8);. The van der Waals surface area contributed by atoms with Crippen molar-refractivity contribution in [3.05, 3.63) is 12.3 Å². The number of aliphatic carboxylic acids is 1. The Kier molecular flexibility index (Phi) is 6.14. The summed E-state index contributed by atoms with van der Waals surface area (Å²) in [5.74, 6) is -2.59. The Morgan fingerprint density at radius 2 is 1.82 bits per heavy atom. The molecule has 0 aliphatic carbocycles. The first-order valence-corrected chi connectivity index (χ1v) is 3.53. The molecule has 0 rings (SSSR count). The molecule has 0 saturated heterocycles. The first-order valence-electron chi connectivity index (χ1n) is 2.00. The van der Waals surface area contributed by atoms with E-state index in [1.165, 1.54) is 0 Å². The Balaban J connectivity index is 0. The van der Waals surface area contributed by atoms with Crippen LogP contribution in [0.3, 0.4) is 0 Å². The van der Waals surface area contributed by atoms with Crippen molar-refractivity contribution in [1.29, 1.82) is 0 Å². The third kappa shape index (κ3) is 8.06. The summed E-state index contributed by atoms with van der Waals surface area (Å²) in [6, 6.07) is 0. The summed E-state index contributed by atoms with van der Waals surface area (Å²) in [5.41, 5.74) is 0. The van der Waals surface area contributed by atoms with Crippen LogP contribution in [0.1, 0.15) is 0 Å². The van der Waals surface area contributed by atoms with Gasteiger partial charge in [-0.15, -0.1) is 0 Å². The molecule has 0 atom stereocenters. The fraction of sp³-hybridized carbons (Fsp3) is 0. The van der Waals surface area contributed by atoms with Crippen molar-refractivity contribution < 1.29 is 28.8 Å². The van der Waals surface area contributed by atoms with Crippen molar-refractivity contribution in [1.82, 2.24) is 0 Å². The summed E-state index contributed by atoms with van der Waals surface area (Å²) in [7, 11) is -4.76. The van der Waals surface area contributed by atoms with E-state index in [0.717, 1.165) is 0 Å². The summed E-state index contributed by atoms with van der Waals surface area (Å²) < 4.78 is 13.5. The minimum absolute atomic E-state index is 0. The van der Waals surface area contributed by atoms with Crippen LogP contribution < -0.4 is 0 Å². The molecule has 0 amide bonds. The van der Waals surface area contributed by atoms with Gasteiger partial charge < -0.3 is 9.63 Å². The first kappa shape index (κ1) is 13.7. The van der Waals surface area contributed by atoms with Gasteiger partial charge in [-0.1, -0.05) is 0 Å².